The fraction of sp³-hybridized carbons (Fsp3) is 0.250. The van der Waals surface area contributed by atoms with Crippen LogP contribution in [0.4, 0.5) is 5.69 Å². The number of rotatable bonds is 6. The Balaban J connectivity index is 1.49. The monoisotopic (exact) mass is 451 g/mol. The maximum Gasteiger partial charge on any atom is 0.255 e. The number of nitrogens with one attached hydrogen (secondary N) is 1. The molecule has 1 amide bonds. The van der Waals surface area contributed by atoms with Crippen LogP contribution >= 0.6 is 0 Å². The summed E-state index contributed by atoms with van der Waals surface area (Å²) in [5.41, 5.74) is 1.62. The van der Waals surface area contributed by atoms with Crippen molar-refractivity contribution in [2.45, 2.75) is 31.1 Å². The van der Waals surface area contributed by atoms with E-state index in [9.17, 15) is 13.2 Å². The first kappa shape index (κ1) is 22.0. The second-order valence-electron chi connectivity index (χ2n) is 7.70. The number of sulfonamides is 1. The molecule has 166 valence electrons. The molecule has 2 heterocycles. The summed E-state index contributed by atoms with van der Waals surface area (Å²) in [6, 6.07) is 15.2. The van der Waals surface area contributed by atoms with Gasteiger partial charge in [-0.05, 0) is 73.9 Å². The summed E-state index contributed by atoms with van der Waals surface area (Å²) in [6.45, 7) is 2.83. The molecule has 1 aliphatic heterocycles. The van der Waals surface area contributed by atoms with E-state index in [1.54, 1.807) is 67.8 Å². The number of aromatic nitrogens is 1. The van der Waals surface area contributed by atoms with Gasteiger partial charge < -0.3 is 10.1 Å². The number of aryl methyl sites for hydroxylation is 1. The number of hydrogen-bond donors (Lipinski definition) is 1. The zero-order valence-corrected chi connectivity index (χ0v) is 18.6. The van der Waals surface area contributed by atoms with Crippen LogP contribution in [0, 0.1) is 6.92 Å². The highest BCUT2D eigenvalue weighted by Crippen LogP contribution is 2.25. The smallest absolute Gasteiger partial charge is 0.255 e. The van der Waals surface area contributed by atoms with Crippen molar-refractivity contribution >= 4 is 21.6 Å². The summed E-state index contributed by atoms with van der Waals surface area (Å²) in [6.07, 6.45) is 6.05. The lowest BCUT2D eigenvalue weighted by atomic mass is 10.1. The number of amides is 1. The van der Waals surface area contributed by atoms with E-state index in [0.717, 1.165) is 19.3 Å². The zero-order valence-electron chi connectivity index (χ0n) is 17.8. The van der Waals surface area contributed by atoms with Gasteiger partial charge in [0.15, 0.2) is 0 Å². The van der Waals surface area contributed by atoms with Gasteiger partial charge in [-0.1, -0.05) is 12.5 Å². The second-order valence-corrected chi connectivity index (χ2v) is 9.64. The maximum absolute atomic E-state index is 13.0. The van der Waals surface area contributed by atoms with Gasteiger partial charge in [0.2, 0.25) is 10.0 Å². The third kappa shape index (κ3) is 4.98. The number of ether oxygens (including phenoxy) is 1. The number of piperidine rings is 1. The summed E-state index contributed by atoms with van der Waals surface area (Å²) in [5.74, 6) is 0.931. The highest BCUT2D eigenvalue weighted by molar-refractivity contribution is 7.89. The Labute approximate surface area is 188 Å². The van der Waals surface area contributed by atoms with Gasteiger partial charge in [0.05, 0.1) is 4.90 Å². The highest BCUT2D eigenvalue weighted by atomic mass is 32.2. The normalized spacial score (nSPS) is 14.7. The summed E-state index contributed by atoms with van der Waals surface area (Å²) >= 11 is 0. The lowest BCUT2D eigenvalue weighted by Crippen LogP contribution is -2.35. The fourth-order valence-electron chi connectivity index (χ4n) is 3.61. The largest absolute Gasteiger partial charge is 0.457 e. The molecular formula is C24H25N3O4S. The quantitative estimate of drug-likeness (QED) is 0.591. The van der Waals surface area contributed by atoms with Crippen LogP contribution in [0.5, 0.6) is 11.5 Å². The molecule has 1 fully saturated rings. The van der Waals surface area contributed by atoms with E-state index >= 15 is 0 Å². The van der Waals surface area contributed by atoms with Crippen LogP contribution in [0.15, 0.2) is 71.9 Å². The lowest BCUT2D eigenvalue weighted by Gasteiger charge is -2.26. The number of carbonyl (C=O) groups excluding carboxylic acids is 1. The molecule has 1 N–H and O–H groups in total. The molecule has 0 bridgehead atoms. The van der Waals surface area contributed by atoms with Crippen LogP contribution in [-0.4, -0.2) is 36.7 Å². The minimum atomic E-state index is -3.61. The van der Waals surface area contributed by atoms with E-state index in [0.29, 0.717) is 41.4 Å². The number of carbonyl (C=O) groups is 1. The molecule has 1 aliphatic rings. The highest BCUT2D eigenvalue weighted by Gasteiger charge is 2.27. The van der Waals surface area contributed by atoms with Gasteiger partial charge in [0.1, 0.15) is 11.5 Å². The van der Waals surface area contributed by atoms with E-state index < -0.39 is 10.0 Å². The van der Waals surface area contributed by atoms with Gasteiger partial charge in [-0.15, -0.1) is 0 Å². The average Bonchev–Trinajstić information content (AvgIpc) is 2.82. The number of benzene rings is 2. The van der Waals surface area contributed by atoms with Gasteiger partial charge in [-0.3, -0.25) is 9.78 Å². The summed E-state index contributed by atoms with van der Waals surface area (Å²) in [7, 11) is -3.61. The molecule has 1 aromatic heterocycles. The molecule has 3 aromatic rings. The summed E-state index contributed by atoms with van der Waals surface area (Å²) in [5, 5.41) is 2.84. The number of pyridine rings is 1. The second kappa shape index (κ2) is 9.50. The van der Waals surface area contributed by atoms with Crippen molar-refractivity contribution in [3.05, 3.63) is 78.1 Å². The SMILES string of the molecule is Cc1ccc(S(=O)(=O)N2CCCCC2)cc1C(=O)Nc1ccc(Oc2ccncc2)cc1. The Hall–Kier alpha value is -3.23. The van der Waals surface area contributed by atoms with Crippen molar-refractivity contribution < 1.29 is 17.9 Å². The van der Waals surface area contributed by atoms with Gasteiger partial charge >= 0.3 is 0 Å². The number of nitrogens with zero attached hydrogens (tertiary/aromatic N) is 2. The van der Waals surface area contributed by atoms with Crippen LogP contribution in [0.25, 0.3) is 0 Å². The lowest BCUT2D eigenvalue weighted by molar-refractivity contribution is 0.102. The molecule has 2 aromatic carbocycles. The Kier molecular flexibility index (Phi) is 6.53. The van der Waals surface area contributed by atoms with Crippen LogP contribution in [-0.2, 0) is 10.0 Å². The van der Waals surface area contributed by atoms with Crippen molar-refractivity contribution in [2.75, 3.05) is 18.4 Å². The Bertz CT molecular complexity index is 1190. The minimum Gasteiger partial charge on any atom is -0.457 e. The van der Waals surface area contributed by atoms with Crippen LogP contribution in [0.3, 0.4) is 0 Å². The summed E-state index contributed by atoms with van der Waals surface area (Å²) < 4.78 is 33.2. The third-order valence-electron chi connectivity index (χ3n) is 5.40. The number of hydrogen-bond acceptors (Lipinski definition) is 5. The third-order valence-corrected chi connectivity index (χ3v) is 7.30. The van der Waals surface area contributed by atoms with Gasteiger partial charge in [-0.25, -0.2) is 8.42 Å². The number of anilines is 1. The van der Waals surface area contributed by atoms with Crippen molar-refractivity contribution in [2.24, 2.45) is 0 Å². The van der Waals surface area contributed by atoms with Gasteiger partial charge in [0.25, 0.3) is 5.91 Å². The maximum atomic E-state index is 13.0. The molecule has 32 heavy (non-hydrogen) atoms. The molecular weight excluding hydrogens is 426 g/mol. The predicted molar refractivity (Wildman–Crippen MR) is 122 cm³/mol. The van der Waals surface area contributed by atoms with Crippen molar-refractivity contribution in [1.29, 1.82) is 0 Å². The first-order valence-electron chi connectivity index (χ1n) is 10.5. The Morgan fingerprint density at radius 1 is 0.938 bits per heavy atom. The van der Waals surface area contributed by atoms with E-state index in [2.05, 4.69) is 10.3 Å². The standard InChI is InChI=1S/C24H25N3O4S/c1-18-5-10-22(32(29,30)27-15-3-2-4-16-27)17-23(18)24(28)26-19-6-8-20(9-7-19)31-21-11-13-25-14-12-21/h5-14,17H,2-4,15-16H2,1H3,(H,26,28). The molecule has 4 rings (SSSR count). The molecule has 0 atom stereocenters. The van der Waals surface area contributed by atoms with Crippen LogP contribution in [0.1, 0.15) is 35.2 Å². The molecule has 0 saturated carbocycles. The molecule has 0 spiro atoms. The van der Waals surface area contributed by atoms with E-state index in [4.69, 9.17) is 4.74 Å². The van der Waals surface area contributed by atoms with Crippen LogP contribution in [0.2, 0.25) is 0 Å². The first-order valence-corrected chi connectivity index (χ1v) is 12.0. The zero-order chi connectivity index (χ0) is 22.6. The van der Waals surface area contributed by atoms with E-state index in [1.807, 2.05) is 0 Å². The van der Waals surface area contributed by atoms with E-state index in [-0.39, 0.29) is 10.8 Å². The molecule has 7 nitrogen and oxygen atoms in total. The predicted octanol–water partition coefficient (Wildman–Crippen LogP) is 4.61. The van der Waals surface area contributed by atoms with E-state index in [1.165, 1.54) is 10.4 Å². The van der Waals surface area contributed by atoms with Crippen molar-refractivity contribution in [3.8, 4) is 11.5 Å². The molecule has 1 saturated heterocycles. The van der Waals surface area contributed by atoms with Crippen molar-refractivity contribution in [1.82, 2.24) is 9.29 Å². The Morgan fingerprint density at radius 2 is 1.59 bits per heavy atom. The van der Waals surface area contributed by atoms with Crippen LogP contribution < -0.4 is 10.1 Å². The topological polar surface area (TPSA) is 88.6 Å². The minimum absolute atomic E-state index is 0.149. The molecule has 8 heteroatoms. The van der Waals surface area contributed by atoms with Gasteiger partial charge in [0, 0.05) is 36.7 Å². The molecule has 0 radical (unpaired) electrons. The average molecular weight is 452 g/mol. The summed E-state index contributed by atoms with van der Waals surface area (Å²) in [4.78, 5) is 17.0. The van der Waals surface area contributed by atoms with Crippen molar-refractivity contribution in [3.63, 3.8) is 0 Å². The molecule has 0 unspecified atom stereocenters. The first-order chi connectivity index (χ1) is 15.4. The van der Waals surface area contributed by atoms with Gasteiger partial charge in [-0.2, -0.15) is 4.31 Å². The Morgan fingerprint density at radius 3 is 2.28 bits per heavy atom. The fourth-order valence-corrected chi connectivity index (χ4v) is 5.15. The molecule has 0 aliphatic carbocycles.